The van der Waals surface area contributed by atoms with Crippen LogP contribution in [0.3, 0.4) is 0 Å². The summed E-state index contributed by atoms with van der Waals surface area (Å²) in [7, 11) is 1.62. The van der Waals surface area contributed by atoms with Crippen LogP contribution in [0.1, 0.15) is 0 Å². The fourth-order valence-electron chi connectivity index (χ4n) is 1.20. The fourth-order valence-corrected chi connectivity index (χ4v) is 1.29. The molecule has 0 unspecified atom stereocenters. The number of halogens is 1. The summed E-state index contributed by atoms with van der Waals surface area (Å²) in [6.07, 6.45) is 0. The zero-order valence-electron chi connectivity index (χ0n) is 9.33. The first-order valence-corrected chi connectivity index (χ1v) is 5.41. The molecule has 1 rings (SSSR count). The first-order chi connectivity index (χ1) is 7.74. The van der Waals surface area contributed by atoms with Gasteiger partial charge in [0.1, 0.15) is 6.61 Å². The van der Waals surface area contributed by atoms with Crippen molar-refractivity contribution in [2.45, 2.75) is 0 Å². The van der Waals surface area contributed by atoms with E-state index in [0.29, 0.717) is 24.7 Å². The van der Waals surface area contributed by atoms with E-state index in [2.05, 4.69) is 11.9 Å². The van der Waals surface area contributed by atoms with Crippen LogP contribution in [0.5, 0.6) is 11.5 Å². The molecule has 0 aliphatic carbocycles. The second-order valence-electron chi connectivity index (χ2n) is 3.19. The Balaban J connectivity index is 2.28. The van der Waals surface area contributed by atoms with E-state index in [1.165, 1.54) is 0 Å². The predicted octanol–water partition coefficient (Wildman–Crippen LogP) is 2.42. The Labute approximate surface area is 101 Å². The average molecular weight is 242 g/mol. The second-order valence-corrected chi connectivity index (χ2v) is 3.73. The lowest BCUT2D eigenvalue weighted by atomic mass is 10.3. The van der Waals surface area contributed by atoms with Gasteiger partial charge in [0.05, 0.1) is 7.11 Å². The fraction of sp³-hybridized carbons (Fsp3) is 0.333. The van der Waals surface area contributed by atoms with Gasteiger partial charge in [-0.05, 0) is 12.1 Å². The molecule has 88 valence electrons. The Bertz CT molecular complexity index is 342. The first-order valence-electron chi connectivity index (χ1n) is 5.04. The van der Waals surface area contributed by atoms with Gasteiger partial charge in [-0.2, -0.15) is 0 Å². The van der Waals surface area contributed by atoms with E-state index < -0.39 is 0 Å². The molecule has 0 heterocycles. The molecule has 0 saturated heterocycles. The van der Waals surface area contributed by atoms with Crippen LogP contribution < -0.4 is 14.8 Å². The van der Waals surface area contributed by atoms with Gasteiger partial charge in [0.25, 0.3) is 0 Å². The third kappa shape index (κ3) is 4.55. The summed E-state index contributed by atoms with van der Waals surface area (Å²) < 4.78 is 10.7. The Morgan fingerprint density at radius 3 is 2.69 bits per heavy atom. The summed E-state index contributed by atoms with van der Waals surface area (Å²) >= 11 is 5.60. The van der Waals surface area contributed by atoms with Gasteiger partial charge in [-0.1, -0.05) is 30.3 Å². The summed E-state index contributed by atoms with van der Waals surface area (Å²) in [6.45, 7) is 5.45. The first kappa shape index (κ1) is 12.9. The van der Waals surface area contributed by atoms with Gasteiger partial charge in [0, 0.05) is 18.1 Å². The number of rotatable bonds is 7. The monoisotopic (exact) mass is 241 g/mol. The normalized spacial score (nSPS) is 9.88. The van der Waals surface area contributed by atoms with Crippen LogP contribution in [0, 0.1) is 0 Å². The quantitative estimate of drug-likeness (QED) is 0.744. The standard InChI is InChI=1S/C12H16ClNO2/c1-10(13)9-14-7-8-16-12-6-4-3-5-11(12)15-2/h3-6,14H,1,7-9H2,2H3. The van der Waals surface area contributed by atoms with Gasteiger partial charge in [-0.3, -0.25) is 0 Å². The molecule has 3 nitrogen and oxygen atoms in total. The van der Waals surface area contributed by atoms with Crippen molar-refractivity contribution < 1.29 is 9.47 Å². The van der Waals surface area contributed by atoms with Crippen molar-refractivity contribution in [3.63, 3.8) is 0 Å². The maximum Gasteiger partial charge on any atom is 0.161 e. The van der Waals surface area contributed by atoms with Crippen molar-refractivity contribution in [1.82, 2.24) is 5.32 Å². The minimum atomic E-state index is 0.560. The molecule has 0 radical (unpaired) electrons. The zero-order valence-corrected chi connectivity index (χ0v) is 10.1. The highest BCUT2D eigenvalue weighted by Gasteiger charge is 2.01. The average Bonchev–Trinajstić information content (AvgIpc) is 2.29. The molecular weight excluding hydrogens is 226 g/mol. The molecule has 1 aromatic rings. The number of methoxy groups -OCH3 is 1. The number of benzene rings is 1. The molecule has 1 aromatic carbocycles. The third-order valence-corrected chi connectivity index (χ3v) is 2.06. The van der Waals surface area contributed by atoms with Crippen molar-refractivity contribution in [1.29, 1.82) is 0 Å². The van der Waals surface area contributed by atoms with Gasteiger partial charge in [0.15, 0.2) is 11.5 Å². The van der Waals surface area contributed by atoms with Crippen LogP contribution in [-0.2, 0) is 0 Å². The Kier molecular flexibility index (Phi) is 5.75. The Morgan fingerprint density at radius 1 is 1.38 bits per heavy atom. The molecule has 0 bridgehead atoms. The van der Waals surface area contributed by atoms with Gasteiger partial charge in [0.2, 0.25) is 0 Å². The van der Waals surface area contributed by atoms with E-state index in [9.17, 15) is 0 Å². The van der Waals surface area contributed by atoms with Crippen molar-refractivity contribution >= 4 is 11.6 Å². The number of nitrogens with one attached hydrogen (secondary N) is 1. The highest BCUT2D eigenvalue weighted by molar-refractivity contribution is 6.29. The van der Waals surface area contributed by atoms with E-state index in [4.69, 9.17) is 21.1 Å². The van der Waals surface area contributed by atoms with E-state index in [-0.39, 0.29) is 0 Å². The number of hydrogen-bond donors (Lipinski definition) is 1. The minimum absolute atomic E-state index is 0.560. The van der Waals surface area contributed by atoms with Crippen LogP contribution in [0.25, 0.3) is 0 Å². The maximum atomic E-state index is 5.60. The molecule has 0 aromatic heterocycles. The van der Waals surface area contributed by atoms with Crippen LogP contribution >= 0.6 is 11.6 Å². The lowest BCUT2D eigenvalue weighted by molar-refractivity contribution is 0.294. The molecule has 0 spiro atoms. The molecule has 4 heteroatoms. The maximum absolute atomic E-state index is 5.60. The summed E-state index contributed by atoms with van der Waals surface area (Å²) in [4.78, 5) is 0. The summed E-state index contributed by atoms with van der Waals surface area (Å²) in [5.41, 5.74) is 0. The van der Waals surface area contributed by atoms with E-state index in [1.54, 1.807) is 7.11 Å². The van der Waals surface area contributed by atoms with Crippen molar-refractivity contribution in [2.75, 3.05) is 26.8 Å². The molecule has 0 saturated carbocycles. The molecule has 0 aliphatic rings. The summed E-state index contributed by atoms with van der Waals surface area (Å²) in [5, 5.41) is 3.69. The summed E-state index contributed by atoms with van der Waals surface area (Å²) in [6, 6.07) is 7.55. The van der Waals surface area contributed by atoms with Gasteiger partial charge in [-0.15, -0.1) is 0 Å². The van der Waals surface area contributed by atoms with Crippen LogP contribution in [-0.4, -0.2) is 26.8 Å². The van der Waals surface area contributed by atoms with Gasteiger partial charge >= 0.3 is 0 Å². The smallest absolute Gasteiger partial charge is 0.161 e. The van der Waals surface area contributed by atoms with Crippen molar-refractivity contribution in [3.05, 3.63) is 35.9 Å². The molecule has 16 heavy (non-hydrogen) atoms. The molecular formula is C12H16ClNO2. The second kappa shape index (κ2) is 7.14. The van der Waals surface area contributed by atoms with Crippen LogP contribution in [0.2, 0.25) is 0 Å². The SMILES string of the molecule is C=C(Cl)CNCCOc1ccccc1OC. The molecule has 0 fully saturated rings. The minimum Gasteiger partial charge on any atom is -0.493 e. The van der Waals surface area contributed by atoms with E-state index in [1.807, 2.05) is 24.3 Å². The Morgan fingerprint density at radius 2 is 2.06 bits per heavy atom. The Hall–Kier alpha value is -1.19. The molecule has 0 atom stereocenters. The summed E-state index contributed by atoms with van der Waals surface area (Å²) in [5.74, 6) is 1.49. The van der Waals surface area contributed by atoms with Crippen molar-refractivity contribution in [2.24, 2.45) is 0 Å². The highest BCUT2D eigenvalue weighted by atomic mass is 35.5. The zero-order chi connectivity index (χ0) is 11.8. The van der Waals surface area contributed by atoms with Crippen molar-refractivity contribution in [3.8, 4) is 11.5 Å². The third-order valence-electron chi connectivity index (χ3n) is 1.92. The highest BCUT2D eigenvalue weighted by Crippen LogP contribution is 2.25. The lowest BCUT2D eigenvalue weighted by Gasteiger charge is -2.10. The molecule has 0 amide bonds. The molecule has 1 N–H and O–H groups in total. The van der Waals surface area contributed by atoms with Crippen LogP contribution in [0.15, 0.2) is 35.9 Å². The predicted molar refractivity (Wildman–Crippen MR) is 66.4 cm³/mol. The largest absolute Gasteiger partial charge is 0.493 e. The molecule has 0 aliphatic heterocycles. The van der Waals surface area contributed by atoms with E-state index in [0.717, 1.165) is 11.5 Å². The number of hydrogen-bond acceptors (Lipinski definition) is 3. The van der Waals surface area contributed by atoms with E-state index >= 15 is 0 Å². The van der Waals surface area contributed by atoms with Gasteiger partial charge in [-0.25, -0.2) is 0 Å². The lowest BCUT2D eigenvalue weighted by Crippen LogP contribution is -2.22. The van der Waals surface area contributed by atoms with Gasteiger partial charge < -0.3 is 14.8 Å². The number of para-hydroxylation sites is 2. The topological polar surface area (TPSA) is 30.5 Å². The van der Waals surface area contributed by atoms with Crippen LogP contribution in [0.4, 0.5) is 0 Å². The number of ether oxygens (including phenoxy) is 2.